The van der Waals surface area contributed by atoms with E-state index in [4.69, 9.17) is 30.0 Å². The molecule has 12 heteroatoms. The van der Waals surface area contributed by atoms with Crippen LogP contribution < -0.4 is 10.6 Å². The summed E-state index contributed by atoms with van der Waals surface area (Å²) in [7, 11) is 4.11. The Balaban J connectivity index is 0.909. The van der Waals surface area contributed by atoms with Gasteiger partial charge < -0.3 is 30.4 Å². The van der Waals surface area contributed by atoms with Crippen LogP contribution in [0.25, 0.3) is 23.3 Å². The van der Waals surface area contributed by atoms with Gasteiger partial charge in [0.25, 0.3) is 0 Å². The minimum atomic E-state index is 0.700. The maximum absolute atomic E-state index is 5.41. The second-order valence-corrected chi connectivity index (χ2v) is 23.3. The predicted molar refractivity (Wildman–Crippen MR) is 358 cm³/mol. The topological polar surface area (TPSA) is 136 Å². The van der Waals surface area contributed by atoms with Gasteiger partial charge in [0.2, 0.25) is 0 Å². The maximum Gasteiger partial charge on any atom is 0.121 e. The van der Waals surface area contributed by atoms with Gasteiger partial charge in [-0.25, -0.2) is 30.0 Å². The molecule has 2 aromatic rings. The zero-order valence-corrected chi connectivity index (χ0v) is 50.4. The lowest BCUT2D eigenvalue weighted by Crippen LogP contribution is -2.19. The van der Waals surface area contributed by atoms with Crippen molar-refractivity contribution >= 4 is 57.6 Å². The van der Waals surface area contributed by atoms with Crippen molar-refractivity contribution in [3.8, 4) is 23.7 Å². The monoisotopic (exact) mass is 1130 g/mol. The SMILES string of the molecule is CCCCCCCCCCCC1=C2C=CC(=N2)/C(=C2/NC=CN2C)c2ccc([nH]2)C=C2C=CC(=N2)C(C#CC#CC2=C3C=CC(=N3)C(CCCCCCCCCCC)=C3C=CC(=N3)/C(=C3\NC=CN3C)c3ccc([nH]3)C=C3C=CC2=N3)=C2C=CC1=N2. The molecule has 10 aliphatic rings. The summed E-state index contributed by atoms with van der Waals surface area (Å²) in [5, 5.41) is 6.97. The van der Waals surface area contributed by atoms with Crippen molar-refractivity contribution in [2.75, 3.05) is 14.1 Å². The van der Waals surface area contributed by atoms with Crippen molar-refractivity contribution in [1.29, 1.82) is 0 Å². The molecule has 0 atom stereocenters. The number of hydrogen-bond donors (Lipinski definition) is 4. The molecule has 0 saturated carbocycles. The first kappa shape index (κ1) is 57.2. The van der Waals surface area contributed by atoms with Crippen LogP contribution in [0.15, 0.2) is 220 Å². The third-order valence-electron chi connectivity index (χ3n) is 16.9. The fourth-order valence-corrected chi connectivity index (χ4v) is 12.3. The molecule has 12 rings (SSSR count). The molecule has 10 aliphatic heterocycles. The van der Waals surface area contributed by atoms with Gasteiger partial charge in [0.1, 0.15) is 11.6 Å². The number of allylic oxidation sites excluding steroid dienone is 18. The van der Waals surface area contributed by atoms with E-state index in [1.807, 2.05) is 49.1 Å². The zero-order chi connectivity index (χ0) is 58.6. The lowest BCUT2D eigenvalue weighted by molar-refractivity contribution is 0.565. The molecule has 0 aromatic carbocycles. The van der Waals surface area contributed by atoms with Crippen LogP contribution in [0.5, 0.6) is 0 Å². The highest BCUT2D eigenvalue weighted by molar-refractivity contribution is 6.32. The Bertz CT molecular complexity index is 3670. The van der Waals surface area contributed by atoms with Gasteiger partial charge in [0.05, 0.1) is 102 Å². The highest BCUT2D eigenvalue weighted by Crippen LogP contribution is 2.36. The maximum atomic E-state index is 5.41. The lowest BCUT2D eigenvalue weighted by Gasteiger charge is -2.17. The molecule has 0 amide bonds. The first-order valence-corrected chi connectivity index (χ1v) is 31.6. The van der Waals surface area contributed by atoms with Gasteiger partial charge in [-0.1, -0.05) is 117 Å². The second kappa shape index (κ2) is 27.2. The highest BCUT2D eigenvalue weighted by atomic mass is 15.3. The number of H-pyrrole nitrogens is 2. The van der Waals surface area contributed by atoms with Gasteiger partial charge in [-0.05, 0) is 159 Å². The molecule has 12 heterocycles. The van der Waals surface area contributed by atoms with Crippen LogP contribution in [-0.4, -0.2) is 68.1 Å². The van der Waals surface area contributed by atoms with E-state index in [-0.39, 0.29) is 0 Å². The van der Waals surface area contributed by atoms with Gasteiger partial charge in [-0.3, -0.25) is 0 Å². The average molecular weight is 1140 g/mol. The fraction of sp³-hybridized carbons (Fsp3) is 0.324. The summed E-state index contributed by atoms with van der Waals surface area (Å²) in [5.41, 5.74) is 19.4. The van der Waals surface area contributed by atoms with E-state index in [9.17, 15) is 0 Å². The van der Waals surface area contributed by atoms with E-state index in [1.165, 1.54) is 89.9 Å². The number of aromatic amines is 2. The van der Waals surface area contributed by atoms with Crippen molar-refractivity contribution in [3.63, 3.8) is 0 Å². The number of aromatic nitrogens is 2. The van der Waals surface area contributed by atoms with E-state index in [0.29, 0.717) is 11.1 Å². The number of fused-ring (bicyclic) bond motifs is 10. The average Bonchev–Trinajstić information content (AvgIpc) is 2.66. The van der Waals surface area contributed by atoms with Gasteiger partial charge in [-0.2, -0.15) is 0 Å². The van der Waals surface area contributed by atoms with E-state index in [1.54, 1.807) is 0 Å². The first-order chi connectivity index (χ1) is 42.4. The van der Waals surface area contributed by atoms with E-state index in [2.05, 4.69) is 167 Å². The Labute approximate surface area is 508 Å². The van der Waals surface area contributed by atoms with Crippen molar-refractivity contribution in [2.45, 2.75) is 142 Å². The molecule has 2 aromatic heterocycles. The third kappa shape index (κ3) is 13.2. The molecule has 12 nitrogen and oxygen atoms in total. The third-order valence-corrected chi connectivity index (χ3v) is 16.9. The molecule has 434 valence electrons. The molecular weight excluding hydrogens is 1060 g/mol. The summed E-state index contributed by atoms with van der Waals surface area (Å²) in [6.45, 7) is 4.56. The molecular formula is C74H78N12. The standard InChI is InChI=1S/C74H78N12/c1-5-7-9-11-13-15-17-19-21-25-57-63-39-37-61(81-63)55(59-33-29-51(77-59)49-53-31-35-67(79-53)71(69-43-41-65(57)83-69)73-75-45-47-85(73)3)27-23-24-28-56-60-34-30-52(78-60)50-54-32-36-68(80-54)72(74-76-46-48-86(74)4)70-44-42-66(84-70)58(64-40-38-62(56)82-64)26-22-20-18-16-14-12-10-8-6-2/h29-50,75-76,79-80H,5-22,25-26H2,1-4H3/b51-49?,52-50?,61-55?,62-56?,65-57?,66-58?,73-71-,74-72+. The number of aliphatic imine (C=N–C) groups is 6. The van der Waals surface area contributed by atoms with E-state index in [0.717, 1.165) is 164 Å². The zero-order valence-electron chi connectivity index (χ0n) is 50.4. The second-order valence-electron chi connectivity index (χ2n) is 23.3. The molecule has 16 bridgehead atoms. The molecule has 4 N–H and O–H groups in total. The van der Waals surface area contributed by atoms with Crippen LogP contribution in [0.4, 0.5) is 0 Å². The summed E-state index contributed by atoms with van der Waals surface area (Å²) in [4.78, 5) is 43.6. The summed E-state index contributed by atoms with van der Waals surface area (Å²) in [6, 6.07) is 8.44. The van der Waals surface area contributed by atoms with Gasteiger partial charge in [0, 0.05) is 61.4 Å². The summed E-state index contributed by atoms with van der Waals surface area (Å²) in [6.07, 6.45) is 61.5. The Hall–Kier alpha value is -9.26. The van der Waals surface area contributed by atoms with E-state index >= 15 is 0 Å². The van der Waals surface area contributed by atoms with E-state index < -0.39 is 0 Å². The van der Waals surface area contributed by atoms with Crippen LogP contribution >= 0.6 is 0 Å². The number of rotatable bonds is 20. The molecule has 0 radical (unpaired) electrons. The molecule has 0 unspecified atom stereocenters. The Morgan fingerprint density at radius 3 is 1.16 bits per heavy atom. The summed E-state index contributed by atoms with van der Waals surface area (Å²) < 4.78 is 0. The number of nitrogens with one attached hydrogen (secondary N) is 4. The van der Waals surface area contributed by atoms with Crippen LogP contribution in [0.2, 0.25) is 0 Å². The van der Waals surface area contributed by atoms with Crippen LogP contribution in [0.3, 0.4) is 0 Å². The molecule has 0 fully saturated rings. The van der Waals surface area contributed by atoms with Crippen LogP contribution in [0.1, 0.15) is 165 Å². The molecule has 0 saturated heterocycles. The number of hydrogen-bond acceptors (Lipinski definition) is 10. The normalized spacial score (nSPS) is 20.2. The Kier molecular flexibility index (Phi) is 18.1. The molecule has 0 spiro atoms. The highest BCUT2D eigenvalue weighted by Gasteiger charge is 2.28. The summed E-state index contributed by atoms with van der Waals surface area (Å²) >= 11 is 0. The first-order valence-electron chi connectivity index (χ1n) is 31.6. The van der Waals surface area contributed by atoms with Crippen molar-refractivity contribution in [1.82, 2.24) is 30.4 Å². The van der Waals surface area contributed by atoms with Gasteiger partial charge >= 0.3 is 0 Å². The minimum Gasteiger partial charge on any atom is -0.355 e. The fourth-order valence-electron chi connectivity index (χ4n) is 12.3. The quantitative estimate of drug-likeness (QED) is 0.0775. The van der Waals surface area contributed by atoms with Gasteiger partial charge in [0.15, 0.2) is 0 Å². The smallest absolute Gasteiger partial charge is 0.121 e. The van der Waals surface area contributed by atoms with Crippen molar-refractivity contribution in [3.05, 3.63) is 213 Å². The summed E-state index contributed by atoms with van der Waals surface area (Å²) in [5.74, 6) is 15.5. The van der Waals surface area contributed by atoms with Crippen LogP contribution in [0, 0.1) is 23.7 Å². The minimum absolute atomic E-state index is 0.700. The number of nitrogens with zero attached hydrogens (tertiary/aromatic N) is 8. The molecule has 86 heavy (non-hydrogen) atoms. The van der Waals surface area contributed by atoms with Crippen molar-refractivity contribution < 1.29 is 0 Å². The largest absolute Gasteiger partial charge is 0.355 e. The molecule has 0 aliphatic carbocycles. The Morgan fingerprint density at radius 1 is 0.384 bits per heavy atom. The van der Waals surface area contributed by atoms with Crippen LogP contribution in [-0.2, 0) is 0 Å². The predicted octanol–water partition coefficient (Wildman–Crippen LogP) is 16.0. The number of unbranched alkanes of at least 4 members (excludes halogenated alkanes) is 16. The van der Waals surface area contributed by atoms with Crippen molar-refractivity contribution in [2.24, 2.45) is 30.0 Å². The lowest BCUT2D eigenvalue weighted by atomic mass is 9.99. The Morgan fingerprint density at radius 2 is 0.756 bits per heavy atom. The van der Waals surface area contributed by atoms with Gasteiger partial charge in [-0.15, -0.1) is 0 Å².